The number of fused-ring (bicyclic) bond motifs is 1. The van der Waals surface area contributed by atoms with Crippen molar-refractivity contribution in [2.24, 2.45) is 0 Å². The molecule has 0 radical (unpaired) electrons. The molecule has 1 aromatic carbocycles. The molecule has 0 bridgehead atoms. The predicted octanol–water partition coefficient (Wildman–Crippen LogP) is 0.367. The summed E-state index contributed by atoms with van der Waals surface area (Å²) in [5, 5.41) is 13.5. The minimum absolute atomic E-state index is 0.0674. The molecule has 1 heterocycles. The van der Waals surface area contributed by atoms with Crippen molar-refractivity contribution in [3.63, 3.8) is 0 Å². The summed E-state index contributed by atoms with van der Waals surface area (Å²) in [4.78, 5) is 34.4. The maximum absolute atomic E-state index is 12.0. The zero-order valence-electron chi connectivity index (χ0n) is 10.8. The van der Waals surface area contributed by atoms with Gasteiger partial charge in [0, 0.05) is 6.54 Å². The first-order chi connectivity index (χ1) is 9.43. The van der Waals surface area contributed by atoms with Crippen molar-refractivity contribution in [2.45, 2.75) is 18.9 Å². The molecule has 1 aliphatic rings. The molecular weight excluding hydrogens is 264 g/mol. The number of amides is 2. The van der Waals surface area contributed by atoms with Gasteiger partial charge in [0.1, 0.15) is 5.75 Å². The van der Waals surface area contributed by atoms with E-state index in [0.717, 1.165) is 0 Å². The van der Waals surface area contributed by atoms with Gasteiger partial charge >= 0.3 is 5.97 Å². The van der Waals surface area contributed by atoms with Gasteiger partial charge in [-0.2, -0.15) is 0 Å². The second-order valence-corrected chi connectivity index (χ2v) is 4.49. The van der Waals surface area contributed by atoms with E-state index >= 15 is 0 Å². The number of hydrogen-bond donors (Lipinski definition) is 3. The van der Waals surface area contributed by atoms with Crippen LogP contribution in [0.4, 0.5) is 5.69 Å². The molecule has 0 spiro atoms. The lowest BCUT2D eigenvalue weighted by molar-refractivity contribution is -0.146. The molecule has 106 valence electrons. The standard InChI is InChI=1S/C13H14N2O5/c1-13(11(18)14-7-6-10(16)17)12(19)15-8-4-2-3-5-9(8)20-13/h2-5H,6-7H2,1H3,(H,14,18)(H,15,19)(H,16,17). The van der Waals surface area contributed by atoms with Gasteiger partial charge in [-0.05, 0) is 19.1 Å². The number of carbonyl (C=O) groups excluding carboxylic acids is 2. The fraction of sp³-hybridized carbons (Fsp3) is 0.308. The quantitative estimate of drug-likeness (QED) is 0.690. The van der Waals surface area contributed by atoms with E-state index in [-0.39, 0.29) is 13.0 Å². The average Bonchev–Trinajstić information content (AvgIpc) is 2.39. The highest BCUT2D eigenvalue weighted by atomic mass is 16.5. The molecule has 20 heavy (non-hydrogen) atoms. The Morgan fingerprint density at radius 3 is 2.80 bits per heavy atom. The minimum Gasteiger partial charge on any atom is -0.481 e. The number of carbonyl (C=O) groups is 3. The molecule has 1 aliphatic heterocycles. The number of aliphatic carboxylic acids is 1. The SMILES string of the molecule is CC1(C(=O)NCCC(=O)O)Oc2ccccc2NC1=O. The summed E-state index contributed by atoms with van der Waals surface area (Å²) >= 11 is 0. The molecule has 7 heteroatoms. The lowest BCUT2D eigenvalue weighted by Crippen LogP contribution is -2.58. The largest absolute Gasteiger partial charge is 0.481 e. The molecule has 0 saturated carbocycles. The Balaban J connectivity index is 2.12. The van der Waals surface area contributed by atoms with Gasteiger partial charge in [0.25, 0.3) is 17.4 Å². The van der Waals surface area contributed by atoms with Gasteiger partial charge in [-0.3, -0.25) is 14.4 Å². The van der Waals surface area contributed by atoms with Crippen molar-refractivity contribution in [1.82, 2.24) is 5.32 Å². The second kappa shape index (κ2) is 5.20. The Kier molecular flexibility index (Phi) is 3.60. The molecule has 2 rings (SSSR count). The molecule has 7 nitrogen and oxygen atoms in total. The number of rotatable bonds is 4. The molecule has 0 aromatic heterocycles. The summed E-state index contributed by atoms with van der Waals surface area (Å²) in [6.07, 6.45) is -0.222. The monoisotopic (exact) mass is 278 g/mol. The van der Waals surface area contributed by atoms with Crippen LogP contribution in [-0.2, 0) is 14.4 Å². The first-order valence-corrected chi connectivity index (χ1v) is 6.03. The molecule has 0 fully saturated rings. The average molecular weight is 278 g/mol. The summed E-state index contributed by atoms with van der Waals surface area (Å²) in [5.74, 6) is -1.91. The highest BCUT2D eigenvalue weighted by Gasteiger charge is 2.46. The van der Waals surface area contributed by atoms with E-state index < -0.39 is 23.4 Å². The van der Waals surface area contributed by atoms with E-state index in [1.54, 1.807) is 24.3 Å². The second-order valence-electron chi connectivity index (χ2n) is 4.49. The maximum Gasteiger partial charge on any atom is 0.305 e. The molecule has 1 unspecified atom stereocenters. The Morgan fingerprint density at radius 2 is 2.10 bits per heavy atom. The summed E-state index contributed by atoms with van der Waals surface area (Å²) in [6.45, 7) is 1.27. The number of hydrogen-bond acceptors (Lipinski definition) is 4. The van der Waals surface area contributed by atoms with Crippen molar-refractivity contribution >= 4 is 23.5 Å². The van der Waals surface area contributed by atoms with Crippen LogP contribution in [0.5, 0.6) is 5.75 Å². The fourth-order valence-corrected chi connectivity index (χ4v) is 1.77. The van der Waals surface area contributed by atoms with Gasteiger partial charge < -0.3 is 20.5 Å². The summed E-state index contributed by atoms with van der Waals surface area (Å²) in [7, 11) is 0. The Labute approximate surface area is 114 Å². The number of benzene rings is 1. The lowest BCUT2D eigenvalue weighted by atomic mass is 10.0. The van der Waals surface area contributed by atoms with Gasteiger partial charge in [-0.15, -0.1) is 0 Å². The third-order valence-corrected chi connectivity index (χ3v) is 2.94. The number of ether oxygens (including phenoxy) is 1. The van der Waals surface area contributed by atoms with Gasteiger partial charge in [0.15, 0.2) is 0 Å². The molecule has 0 saturated heterocycles. The van der Waals surface area contributed by atoms with Crippen molar-refractivity contribution in [3.05, 3.63) is 24.3 Å². The number of anilines is 1. The lowest BCUT2D eigenvalue weighted by Gasteiger charge is -2.33. The maximum atomic E-state index is 12.0. The number of para-hydroxylation sites is 2. The fourth-order valence-electron chi connectivity index (χ4n) is 1.77. The van der Waals surface area contributed by atoms with E-state index in [4.69, 9.17) is 9.84 Å². The Bertz CT molecular complexity index is 572. The van der Waals surface area contributed by atoms with E-state index in [0.29, 0.717) is 11.4 Å². The van der Waals surface area contributed by atoms with Gasteiger partial charge in [-0.25, -0.2) is 0 Å². The normalized spacial score (nSPS) is 20.4. The third-order valence-electron chi connectivity index (χ3n) is 2.94. The van der Waals surface area contributed by atoms with Crippen molar-refractivity contribution in [1.29, 1.82) is 0 Å². The first-order valence-electron chi connectivity index (χ1n) is 6.03. The van der Waals surface area contributed by atoms with E-state index in [2.05, 4.69) is 10.6 Å². The van der Waals surface area contributed by atoms with E-state index in [1.165, 1.54) is 6.92 Å². The van der Waals surface area contributed by atoms with Crippen LogP contribution >= 0.6 is 0 Å². The molecule has 3 N–H and O–H groups in total. The first kappa shape index (κ1) is 13.9. The minimum atomic E-state index is -1.72. The van der Waals surface area contributed by atoms with E-state index in [1.807, 2.05) is 0 Å². The van der Waals surface area contributed by atoms with Crippen molar-refractivity contribution < 1.29 is 24.2 Å². The highest BCUT2D eigenvalue weighted by molar-refractivity contribution is 6.15. The highest BCUT2D eigenvalue weighted by Crippen LogP contribution is 2.33. The topological polar surface area (TPSA) is 105 Å². The summed E-state index contributed by atoms with van der Waals surface area (Å²) in [6, 6.07) is 6.75. The van der Waals surface area contributed by atoms with Crippen LogP contribution in [-0.4, -0.2) is 35.0 Å². The molecule has 2 amide bonds. The van der Waals surface area contributed by atoms with Gasteiger partial charge in [0.2, 0.25) is 0 Å². The van der Waals surface area contributed by atoms with Crippen LogP contribution in [0, 0.1) is 0 Å². The van der Waals surface area contributed by atoms with Crippen LogP contribution in [0.2, 0.25) is 0 Å². The summed E-state index contributed by atoms with van der Waals surface area (Å²) < 4.78 is 5.48. The zero-order valence-corrected chi connectivity index (χ0v) is 10.8. The number of carboxylic acid groups (broad SMARTS) is 1. The molecule has 0 aliphatic carbocycles. The smallest absolute Gasteiger partial charge is 0.305 e. The summed E-state index contributed by atoms with van der Waals surface area (Å²) in [5.41, 5.74) is -1.22. The van der Waals surface area contributed by atoms with Crippen LogP contribution in [0.3, 0.4) is 0 Å². The predicted molar refractivity (Wildman–Crippen MR) is 69.4 cm³/mol. The van der Waals surface area contributed by atoms with Crippen LogP contribution in [0.1, 0.15) is 13.3 Å². The molecule has 1 atom stereocenters. The zero-order chi connectivity index (χ0) is 14.8. The molecular formula is C13H14N2O5. The van der Waals surface area contributed by atoms with Crippen LogP contribution in [0.25, 0.3) is 0 Å². The van der Waals surface area contributed by atoms with Crippen molar-refractivity contribution in [3.8, 4) is 5.75 Å². The third kappa shape index (κ3) is 2.56. The number of carboxylic acids is 1. The van der Waals surface area contributed by atoms with Gasteiger partial charge in [0.05, 0.1) is 12.1 Å². The Morgan fingerprint density at radius 1 is 1.40 bits per heavy atom. The van der Waals surface area contributed by atoms with Crippen molar-refractivity contribution in [2.75, 3.05) is 11.9 Å². The Hall–Kier alpha value is -2.57. The number of nitrogens with one attached hydrogen (secondary N) is 2. The van der Waals surface area contributed by atoms with E-state index in [9.17, 15) is 14.4 Å². The van der Waals surface area contributed by atoms with Crippen LogP contribution < -0.4 is 15.4 Å². The van der Waals surface area contributed by atoms with Crippen LogP contribution in [0.15, 0.2) is 24.3 Å². The van der Waals surface area contributed by atoms with Gasteiger partial charge in [-0.1, -0.05) is 12.1 Å². The molecule has 1 aromatic rings.